The highest BCUT2D eigenvalue weighted by Crippen LogP contribution is 2.22. The smallest absolute Gasteiger partial charge is 0.309 e. The van der Waals surface area contributed by atoms with E-state index in [0.29, 0.717) is 12.4 Å². The molecule has 0 saturated carbocycles. The summed E-state index contributed by atoms with van der Waals surface area (Å²) < 4.78 is 5.59. The second-order valence-corrected chi connectivity index (χ2v) is 7.88. The monoisotopic (exact) mass is 425 g/mol. The van der Waals surface area contributed by atoms with Crippen molar-refractivity contribution in [1.29, 1.82) is 0 Å². The van der Waals surface area contributed by atoms with Gasteiger partial charge in [0.05, 0.1) is 0 Å². The van der Waals surface area contributed by atoms with Crippen LogP contribution in [0.5, 0.6) is 0 Å². The largest absolute Gasteiger partial charge is 0.412 e. The maximum absolute atomic E-state index is 12.3. The summed E-state index contributed by atoms with van der Waals surface area (Å²) in [6.45, 7) is 3.29. The van der Waals surface area contributed by atoms with Gasteiger partial charge >= 0.3 is 11.8 Å². The molecule has 0 saturated heterocycles. The third-order valence-corrected chi connectivity index (χ3v) is 5.64. The van der Waals surface area contributed by atoms with E-state index in [1.54, 1.807) is 12.4 Å². The first kappa shape index (κ1) is 20.1. The fourth-order valence-electron chi connectivity index (χ4n) is 3.89. The molecule has 32 heavy (non-hydrogen) atoms. The normalized spacial score (nSPS) is 13.5. The zero-order chi connectivity index (χ0) is 21.8. The molecule has 7 nitrogen and oxygen atoms in total. The zero-order valence-electron chi connectivity index (χ0n) is 17.6. The van der Waals surface area contributed by atoms with Crippen molar-refractivity contribution in [1.82, 2.24) is 25.4 Å². The Morgan fingerprint density at radius 1 is 0.938 bits per heavy atom. The molecule has 4 aromatic rings. The lowest BCUT2D eigenvalue weighted by molar-refractivity contribution is 0.0917. The maximum Gasteiger partial charge on any atom is 0.309 e. The second kappa shape index (κ2) is 9.11. The van der Waals surface area contributed by atoms with E-state index in [9.17, 15) is 4.79 Å². The number of carbonyl (C=O) groups excluding carboxylic acids is 1. The summed E-state index contributed by atoms with van der Waals surface area (Å²) in [6.07, 6.45) is 4.45. The van der Waals surface area contributed by atoms with E-state index >= 15 is 0 Å². The van der Waals surface area contributed by atoms with Crippen LogP contribution in [0, 0.1) is 0 Å². The molecule has 0 bridgehead atoms. The van der Waals surface area contributed by atoms with Crippen LogP contribution in [0.1, 0.15) is 32.9 Å². The fourth-order valence-corrected chi connectivity index (χ4v) is 3.89. The number of amides is 1. The van der Waals surface area contributed by atoms with Crippen molar-refractivity contribution in [3.63, 3.8) is 0 Å². The van der Waals surface area contributed by atoms with Crippen LogP contribution in [0.3, 0.4) is 0 Å². The molecule has 2 aromatic heterocycles. The Balaban J connectivity index is 1.19. The highest BCUT2D eigenvalue weighted by atomic mass is 16.4. The molecule has 5 rings (SSSR count). The zero-order valence-corrected chi connectivity index (χ0v) is 17.6. The Labute approximate surface area is 186 Å². The molecular weight excluding hydrogens is 402 g/mol. The van der Waals surface area contributed by atoms with Gasteiger partial charge in [0.15, 0.2) is 0 Å². The van der Waals surface area contributed by atoms with Crippen molar-refractivity contribution in [2.45, 2.75) is 26.1 Å². The SMILES string of the molecule is O=C(NCc1ccncc1)c1nnc(-c2ccc(CN3CCc4ccccc4C3)cc2)o1. The summed E-state index contributed by atoms with van der Waals surface area (Å²) in [5, 5.41) is 10.7. The highest BCUT2D eigenvalue weighted by molar-refractivity contribution is 5.89. The standard InChI is InChI=1S/C25H23N5O2/c31-23(27-15-18-9-12-26-13-10-18)25-29-28-24(32-25)21-7-5-19(6-8-21)16-30-14-11-20-3-1-2-4-22(20)17-30/h1-10,12-13H,11,14-17H2,(H,27,31). The van der Waals surface area contributed by atoms with Crippen molar-refractivity contribution in [3.8, 4) is 11.5 Å². The molecule has 160 valence electrons. The van der Waals surface area contributed by atoms with Crippen molar-refractivity contribution in [3.05, 3.63) is 101 Å². The minimum atomic E-state index is -0.400. The fraction of sp³-hybridized carbons (Fsp3) is 0.200. The van der Waals surface area contributed by atoms with Gasteiger partial charge in [0, 0.05) is 44.1 Å². The number of hydrogen-bond acceptors (Lipinski definition) is 6. The number of nitrogens with one attached hydrogen (secondary N) is 1. The first-order valence-corrected chi connectivity index (χ1v) is 10.6. The molecule has 1 amide bonds. The van der Waals surface area contributed by atoms with Gasteiger partial charge in [-0.2, -0.15) is 0 Å². The minimum absolute atomic E-state index is 0.0508. The molecule has 1 N–H and O–H groups in total. The Morgan fingerprint density at radius 2 is 1.72 bits per heavy atom. The number of aromatic nitrogens is 3. The number of nitrogens with zero attached hydrogens (tertiary/aromatic N) is 4. The lowest BCUT2D eigenvalue weighted by atomic mass is 9.99. The Bertz CT molecular complexity index is 1200. The number of pyridine rings is 1. The van der Waals surface area contributed by atoms with Crippen LogP contribution in [0.25, 0.3) is 11.5 Å². The number of rotatable bonds is 6. The summed E-state index contributed by atoms with van der Waals surface area (Å²) >= 11 is 0. The molecule has 1 aliphatic heterocycles. The molecule has 0 atom stereocenters. The van der Waals surface area contributed by atoms with Gasteiger partial charge in [-0.05, 0) is 52.9 Å². The van der Waals surface area contributed by atoms with Gasteiger partial charge in [-0.15, -0.1) is 10.2 Å². The summed E-state index contributed by atoms with van der Waals surface area (Å²) in [5.74, 6) is -0.120. The van der Waals surface area contributed by atoms with Crippen molar-refractivity contribution in [2.24, 2.45) is 0 Å². The van der Waals surface area contributed by atoms with Crippen LogP contribution in [-0.2, 0) is 26.1 Å². The Hall–Kier alpha value is -3.84. The summed E-state index contributed by atoms with van der Waals surface area (Å²) in [5.41, 5.74) is 5.83. The molecular formula is C25H23N5O2. The van der Waals surface area contributed by atoms with E-state index in [2.05, 4.69) is 61.8 Å². The van der Waals surface area contributed by atoms with Gasteiger partial charge < -0.3 is 9.73 Å². The van der Waals surface area contributed by atoms with Crippen LogP contribution in [0.15, 0.2) is 77.5 Å². The molecule has 0 aliphatic carbocycles. The average Bonchev–Trinajstić information content (AvgIpc) is 3.34. The Morgan fingerprint density at radius 3 is 2.53 bits per heavy atom. The molecule has 0 unspecified atom stereocenters. The van der Waals surface area contributed by atoms with Crippen molar-refractivity contribution < 1.29 is 9.21 Å². The van der Waals surface area contributed by atoms with Crippen LogP contribution in [0.2, 0.25) is 0 Å². The van der Waals surface area contributed by atoms with Gasteiger partial charge in [-0.25, -0.2) is 0 Å². The molecule has 0 radical (unpaired) electrons. The van der Waals surface area contributed by atoms with Gasteiger partial charge in [0.2, 0.25) is 5.89 Å². The summed E-state index contributed by atoms with van der Waals surface area (Å²) in [4.78, 5) is 18.7. The van der Waals surface area contributed by atoms with E-state index in [-0.39, 0.29) is 5.89 Å². The highest BCUT2D eigenvalue weighted by Gasteiger charge is 2.17. The minimum Gasteiger partial charge on any atom is -0.412 e. The summed E-state index contributed by atoms with van der Waals surface area (Å²) in [7, 11) is 0. The van der Waals surface area contributed by atoms with E-state index in [0.717, 1.165) is 37.2 Å². The van der Waals surface area contributed by atoms with E-state index < -0.39 is 5.91 Å². The van der Waals surface area contributed by atoms with Gasteiger partial charge in [-0.3, -0.25) is 14.7 Å². The maximum atomic E-state index is 12.3. The lowest BCUT2D eigenvalue weighted by Gasteiger charge is -2.28. The topological polar surface area (TPSA) is 84.2 Å². The summed E-state index contributed by atoms with van der Waals surface area (Å²) in [6, 6.07) is 20.4. The predicted octanol–water partition coefficient (Wildman–Crippen LogP) is 3.62. The lowest BCUT2D eigenvalue weighted by Crippen LogP contribution is -2.29. The number of benzene rings is 2. The van der Waals surface area contributed by atoms with Gasteiger partial charge in [0.1, 0.15) is 0 Å². The first-order chi connectivity index (χ1) is 15.7. The number of carbonyl (C=O) groups is 1. The van der Waals surface area contributed by atoms with Gasteiger partial charge in [0.25, 0.3) is 0 Å². The molecule has 7 heteroatoms. The second-order valence-electron chi connectivity index (χ2n) is 7.88. The van der Waals surface area contributed by atoms with Crippen molar-refractivity contribution >= 4 is 5.91 Å². The van der Waals surface area contributed by atoms with Crippen LogP contribution < -0.4 is 5.32 Å². The van der Waals surface area contributed by atoms with E-state index in [1.807, 2.05) is 24.3 Å². The third kappa shape index (κ3) is 4.58. The van der Waals surface area contributed by atoms with Crippen molar-refractivity contribution in [2.75, 3.05) is 6.54 Å². The van der Waals surface area contributed by atoms with E-state index in [4.69, 9.17) is 4.42 Å². The predicted molar refractivity (Wildman–Crippen MR) is 119 cm³/mol. The quantitative estimate of drug-likeness (QED) is 0.508. The molecule has 1 aliphatic rings. The number of hydrogen-bond donors (Lipinski definition) is 1. The van der Waals surface area contributed by atoms with Crippen LogP contribution in [-0.4, -0.2) is 32.5 Å². The molecule has 2 aromatic carbocycles. The van der Waals surface area contributed by atoms with Gasteiger partial charge in [-0.1, -0.05) is 36.4 Å². The number of fused-ring (bicyclic) bond motifs is 1. The van der Waals surface area contributed by atoms with Crippen LogP contribution in [0.4, 0.5) is 0 Å². The third-order valence-electron chi connectivity index (χ3n) is 5.64. The average molecular weight is 425 g/mol. The molecule has 3 heterocycles. The molecule has 0 fully saturated rings. The van der Waals surface area contributed by atoms with E-state index in [1.165, 1.54) is 16.7 Å². The molecule has 0 spiro atoms. The first-order valence-electron chi connectivity index (χ1n) is 10.6. The van der Waals surface area contributed by atoms with Crippen LogP contribution >= 0.6 is 0 Å². The Kier molecular flexibility index (Phi) is 5.72.